The molecule has 7 rings (SSSR count). The van der Waals surface area contributed by atoms with Crippen molar-refractivity contribution in [3.8, 4) is 5.75 Å². The number of ether oxygens (including phenoxy) is 1. The fraction of sp³-hybridized carbons (Fsp3) is 0.414. The molecule has 2 unspecified atom stereocenters. The number of urea groups is 1. The lowest BCUT2D eigenvalue weighted by molar-refractivity contribution is -0.230. The molecule has 230 valence electrons. The van der Waals surface area contributed by atoms with Crippen LogP contribution in [0, 0.1) is 0 Å². The van der Waals surface area contributed by atoms with Gasteiger partial charge in [0.15, 0.2) is 17.6 Å². The number of benzene rings is 2. The zero-order chi connectivity index (χ0) is 31.2. The van der Waals surface area contributed by atoms with E-state index in [-0.39, 0.29) is 37.1 Å². The maximum absolute atomic E-state index is 13.6. The number of para-hydroxylation sites is 2. The number of hydrogen-bond acceptors (Lipinski definition) is 12. The molecule has 15 heteroatoms. The Bertz CT molecular complexity index is 1640. The van der Waals surface area contributed by atoms with Gasteiger partial charge in [-0.3, -0.25) is 19.4 Å². The summed E-state index contributed by atoms with van der Waals surface area (Å²) in [4.78, 5) is 52.6. The monoisotopic (exact) mass is 603 g/mol. The van der Waals surface area contributed by atoms with Gasteiger partial charge in [0.1, 0.15) is 30.0 Å². The summed E-state index contributed by atoms with van der Waals surface area (Å²) in [5, 5.41) is 29.2. The maximum Gasteiger partial charge on any atom is 0.331 e. The largest absolute Gasteiger partial charge is 0.486 e. The first kappa shape index (κ1) is 27.9. The number of anilines is 1. The highest BCUT2D eigenvalue weighted by Crippen LogP contribution is 2.45. The van der Waals surface area contributed by atoms with Gasteiger partial charge in [-0.05, 0) is 37.6 Å². The molecule has 8 N–H and O–H groups in total. The van der Waals surface area contributed by atoms with Crippen molar-refractivity contribution in [2.45, 2.75) is 55.4 Å². The molecule has 0 radical (unpaired) electrons. The topological polar surface area (TPSA) is 211 Å². The predicted molar refractivity (Wildman–Crippen MR) is 158 cm³/mol. The summed E-state index contributed by atoms with van der Waals surface area (Å²) in [6, 6.07) is 10.1. The Morgan fingerprint density at radius 2 is 1.86 bits per heavy atom. The normalized spacial score (nSPS) is 29.4. The van der Waals surface area contributed by atoms with Gasteiger partial charge in [-0.15, -0.1) is 0 Å². The highest BCUT2D eigenvalue weighted by atomic mass is 16.5. The first-order chi connectivity index (χ1) is 20.8. The molecule has 5 aliphatic rings. The van der Waals surface area contributed by atoms with Gasteiger partial charge < -0.3 is 42.0 Å². The molecule has 2 aromatic rings. The average molecular weight is 604 g/mol. The molecule has 4 amide bonds. The molecule has 5 heterocycles. The van der Waals surface area contributed by atoms with Gasteiger partial charge >= 0.3 is 6.03 Å². The summed E-state index contributed by atoms with van der Waals surface area (Å²) in [5.74, 6) is -3.49. The Morgan fingerprint density at radius 1 is 1.11 bits per heavy atom. The quantitative estimate of drug-likeness (QED) is 0.175. The molecule has 2 fully saturated rings. The van der Waals surface area contributed by atoms with E-state index < -0.39 is 53.0 Å². The van der Waals surface area contributed by atoms with Crippen LogP contribution in [0.3, 0.4) is 0 Å². The Kier molecular flexibility index (Phi) is 5.90. The standard InChI is InChI=1S/C29H33N9O6/c1-27(2)11-15-7-6-10-17(21(15)44-27)23(40)33-19-13-38-25(31)32-18(22-28(38,29(19,42)43)35-24(30)34-22)12-37-20(39)14-36(26(37)41)16-8-4-3-5-9-16/h3-10,18-19,22,42-43H,11-14H2,1-2H3,(H2,31,32)(H,33,40)(H3,30,34,35)/t18-,19?,22-,28?/m0/s1. The Labute approximate surface area is 252 Å². The summed E-state index contributed by atoms with van der Waals surface area (Å²) < 4.78 is 6.04. The second-order valence-corrected chi connectivity index (χ2v) is 12.3. The van der Waals surface area contributed by atoms with Crippen LogP contribution in [-0.2, 0) is 11.2 Å². The summed E-state index contributed by atoms with van der Waals surface area (Å²) >= 11 is 0. The molecule has 4 atom stereocenters. The number of imide groups is 1. The summed E-state index contributed by atoms with van der Waals surface area (Å²) in [6.45, 7) is 3.29. The van der Waals surface area contributed by atoms with Gasteiger partial charge in [0.2, 0.25) is 5.79 Å². The molecule has 0 saturated carbocycles. The smallest absolute Gasteiger partial charge is 0.331 e. The van der Waals surface area contributed by atoms with Crippen LogP contribution in [0.5, 0.6) is 5.75 Å². The van der Waals surface area contributed by atoms with Crippen molar-refractivity contribution in [3.05, 3.63) is 59.7 Å². The third kappa shape index (κ3) is 3.92. The van der Waals surface area contributed by atoms with Gasteiger partial charge in [-0.25, -0.2) is 14.8 Å². The molecule has 0 bridgehead atoms. The minimum atomic E-state index is -2.69. The second kappa shape index (κ2) is 9.30. The number of nitrogens with one attached hydrogen (secondary N) is 2. The van der Waals surface area contributed by atoms with E-state index in [2.05, 4.69) is 20.6 Å². The molecule has 1 spiro atoms. The molecule has 2 saturated heterocycles. The van der Waals surface area contributed by atoms with Crippen LogP contribution in [-0.4, -0.2) is 105 Å². The van der Waals surface area contributed by atoms with E-state index in [0.717, 1.165) is 10.5 Å². The number of rotatable bonds is 5. The number of fused-ring (bicyclic) bond motifs is 1. The zero-order valence-electron chi connectivity index (χ0n) is 24.1. The fourth-order valence-electron chi connectivity index (χ4n) is 6.98. The van der Waals surface area contributed by atoms with Crippen molar-refractivity contribution in [2.75, 3.05) is 24.5 Å². The molecular formula is C29H33N9O6. The average Bonchev–Trinajstić information content (AvgIpc) is 3.65. The number of amides is 4. The molecule has 0 aromatic heterocycles. The van der Waals surface area contributed by atoms with E-state index in [1.807, 2.05) is 19.9 Å². The fourth-order valence-corrected chi connectivity index (χ4v) is 6.98. The van der Waals surface area contributed by atoms with Gasteiger partial charge in [-0.2, -0.15) is 0 Å². The van der Waals surface area contributed by atoms with Crippen molar-refractivity contribution >= 4 is 35.5 Å². The Hall–Kier alpha value is -4.89. The summed E-state index contributed by atoms with van der Waals surface area (Å²) in [5.41, 5.74) is 11.8. The summed E-state index contributed by atoms with van der Waals surface area (Å²) in [6.07, 6.45) is 0.620. The van der Waals surface area contributed by atoms with Crippen molar-refractivity contribution in [3.63, 3.8) is 0 Å². The van der Waals surface area contributed by atoms with Crippen LogP contribution in [0.2, 0.25) is 0 Å². The Morgan fingerprint density at radius 3 is 2.61 bits per heavy atom. The van der Waals surface area contributed by atoms with Crippen LogP contribution >= 0.6 is 0 Å². The Balaban J connectivity index is 1.16. The van der Waals surface area contributed by atoms with Crippen molar-refractivity contribution in [1.29, 1.82) is 0 Å². The minimum absolute atomic E-state index is 0.0995. The van der Waals surface area contributed by atoms with E-state index in [1.165, 1.54) is 9.80 Å². The van der Waals surface area contributed by atoms with Gasteiger partial charge in [0, 0.05) is 18.7 Å². The van der Waals surface area contributed by atoms with E-state index >= 15 is 0 Å². The first-order valence-electron chi connectivity index (χ1n) is 14.3. The van der Waals surface area contributed by atoms with Gasteiger partial charge in [0.05, 0.1) is 18.2 Å². The maximum atomic E-state index is 13.6. The lowest BCUT2D eigenvalue weighted by Gasteiger charge is -2.49. The lowest BCUT2D eigenvalue weighted by atomic mass is 9.84. The third-order valence-corrected chi connectivity index (χ3v) is 8.94. The predicted octanol–water partition coefficient (Wildman–Crippen LogP) is -1.36. The van der Waals surface area contributed by atoms with Crippen molar-refractivity contribution in [2.24, 2.45) is 21.5 Å². The van der Waals surface area contributed by atoms with E-state index in [9.17, 15) is 24.6 Å². The van der Waals surface area contributed by atoms with Crippen molar-refractivity contribution < 1.29 is 29.3 Å². The molecule has 2 aromatic carbocycles. The van der Waals surface area contributed by atoms with E-state index in [4.69, 9.17) is 16.2 Å². The first-order valence-corrected chi connectivity index (χ1v) is 14.3. The second-order valence-electron chi connectivity index (χ2n) is 12.3. The SMILES string of the molecule is CC1(C)Cc2cccc(C(=O)NC3CN4C(N)=N[C@@H](CN5C(=O)CN(c6ccccc6)C5=O)[C@@H]5N=C(N)NC54C3(O)O)c2O1. The number of aliphatic imine (C=N–C) groups is 2. The van der Waals surface area contributed by atoms with Crippen LogP contribution in [0.1, 0.15) is 29.8 Å². The number of guanidine groups is 2. The number of carbonyl (C=O) groups excluding carboxylic acids is 3. The molecule has 0 aliphatic carbocycles. The highest BCUT2D eigenvalue weighted by molar-refractivity contribution is 6.12. The third-order valence-electron chi connectivity index (χ3n) is 8.94. The van der Waals surface area contributed by atoms with Gasteiger partial charge in [0.25, 0.3) is 11.8 Å². The molecule has 15 nitrogen and oxygen atoms in total. The van der Waals surface area contributed by atoms with Crippen LogP contribution in [0.25, 0.3) is 0 Å². The summed E-state index contributed by atoms with van der Waals surface area (Å²) in [7, 11) is 0. The minimum Gasteiger partial charge on any atom is -0.486 e. The number of carbonyl (C=O) groups is 3. The van der Waals surface area contributed by atoms with Crippen molar-refractivity contribution in [1.82, 2.24) is 20.4 Å². The number of hydrogen-bond donors (Lipinski definition) is 6. The number of aliphatic hydroxyl groups is 2. The lowest BCUT2D eigenvalue weighted by Crippen LogP contribution is -2.78. The van der Waals surface area contributed by atoms with Crippen LogP contribution in [0.4, 0.5) is 10.5 Å². The zero-order valence-corrected chi connectivity index (χ0v) is 24.1. The molecule has 44 heavy (non-hydrogen) atoms. The highest BCUT2D eigenvalue weighted by Gasteiger charge is 2.73. The number of nitrogens with zero attached hydrogens (tertiary/aromatic N) is 5. The van der Waals surface area contributed by atoms with Crippen LogP contribution < -0.4 is 31.7 Å². The van der Waals surface area contributed by atoms with Crippen LogP contribution in [0.15, 0.2) is 58.5 Å². The van der Waals surface area contributed by atoms with E-state index in [0.29, 0.717) is 17.9 Å². The molecule has 5 aliphatic heterocycles. The van der Waals surface area contributed by atoms with Gasteiger partial charge in [-0.1, -0.05) is 30.3 Å². The molecular weight excluding hydrogens is 570 g/mol. The van der Waals surface area contributed by atoms with E-state index in [1.54, 1.807) is 42.5 Å². The number of nitrogens with two attached hydrogens (primary N) is 2.